The Bertz CT molecular complexity index is 545. The van der Waals surface area contributed by atoms with Crippen molar-refractivity contribution in [3.63, 3.8) is 0 Å². The molecule has 1 heterocycles. The van der Waals surface area contributed by atoms with E-state index in [0.29, 0.717) is 6.42 Å². The van der Waals surface area contributed by atoms with Gasteiger partial charge < -0.3 is 5.11 Å². The Hall–Kier alpha value is -0.920. The molecule has 0 amide bonds. The van der Waals surface area contributed by atoms with Gasteiger partial charge in [0.25, 0.3) is 10.0 Å². The first kappa shape index (κ1) is 15.1. The Labute approximate surface area is 111 Å². The summed E-state index contributed by atoms with van der Waals surface area (Å²) in [5.41, 5.74) is -0.508. The van der Waals surface area contributed by atoms with Gasteiger partial charge in [0.2, 0.25) is 0 Å². The van der Waals surface area contributed by atoms with Crippen molar-refractivity contribution < 1.29 is 18.3 Å². The van der Waals surface area contributed by atoms with Gasteiger partial charge in [-0.25, -0.2) is 13.2 Å². The van der Waals surface area contributed by atoms with E-state index in [1.54, 1.807) is 0 Å². The van der Waals surface area contributed by atoms with E-state index in [4.69, 9.17) is 5.11 Å². The fourth-order valence-corrected chi connectivity index (χ4v) is 4.15. The number of aromatic carboxylic acids is 1. The Morgan fingerprint density at radius 1 is 1.44 bits per heavy atom. The lowest BCUT2D eigenvalue weighted by Gasteiger charge is -2.33. The van der Waals surface area contributed by atoms with Gasteiger partial charge in [0, 0.05) is 12.6 Å². The summed E-state index contributed by atoms with van der Waals surface area (Å²) >= 11 is 0.774. The molecule has 0 saturated carbocycles. The summed E-state index contributed by atoms with van der Waals surface area (Å²) in [5.74, 6) is -1.11. The Morgan fingerprint density at radius 3 is 2.39 bits per heavy atom. The largest absolute Gasteiger partial charge is 0.477 e. The van der Waals surface area contributed by atoms with Crippen LogP contribution in [0.5, 0.6) is 0 Å². The van der Waals surface area contributed by atoms with Crippen molar-refractivity contribution in [2.75, 3.05) is 7.05 Å². The van der Waals surface area contributed by atoms with Crippen LogP contribution in [0.3, 0.4) is 0 Å². The second-order valence-corrected chi connectivity index (χ2v) is 7.84. The Balaban J connectivity index is 3.17. The van der Waals surface area contributed by atoms with Crippen LogP contribution >= 0.6 is 11.3 Å². The van der Waals surface area contributed by atoms with Crippen molar-refractivity contribution in [3.8, 4) is 0 Å². The highest BCUT2D eigenvalue weighted by Crippen LogP contribution is 2.29. The molecule has 0 spiro atoms. The molecular formula is C11H17NO4S2. The third-order valence-corrected chi connectivity index (χ3v) is 6.73. The molecule has 102 valence electrons. The second kappa shape index (κ2) is 4.99. The number of nitrogens with zero attached hydrogens (tertiary/aromatic N) is 1. The molecular weight excluding hydrogens is 274 g/mol. The highest BCUT2D eigenvalue weighted by atomic mass is 32.2. The van der Waals surface area contributed by atoms with Crippen molar-refractivity contribution in [3.05, 3.63) is 17.0 Å². The smallest absolute Gasteiger partial charge is 0.345 e. The molecule has 0 aromatic carbocycles. The average molecular weight is 291 g/mol. The molecule has 1 aromatic rings. The highest BCUT2D eigenvalue weighted by molar-refractivity contribution is 7.91. The minimum atomic E-state index is -3.63. The van der Waals surface area contributed by atoms with Crippen LogP contribution in [-0.4, -0.2) is 36.4 Å². The molecule has 1 rings (SSSR count). The molecule has 18 heavy (non-hydrogen) atoms. The van der Waals surface area contributed by atoms with Crippen LogP contribution in [0.15, 0.2) is 16.3 Å². The first-order valence-electron chi connectivity index (χ1n) is 5.45. The standard InChI is InChI=1S/C11H17NO4S2/c1-5-11(2,3)12(4)18(15,16)9-7-6-8(17-9)10(13)14/h6-7H,5H2,1-4H3,(H,13,14). The Kier molecular flexibility index (Phi) is 4.19. The number of sulfonamides is 1. The summed E-state index contributed by atoms with van der Waals surface area (Å²) in [6, 6.07) is 2.65. The summed E-state index contributed by atoms with van der Waals surface area (Å²) in [7, 11) is -2.12. The summed E-state index contributed by atoms with van der Waals surface area (Å²) < 4.78 is 26.0. The van der Waals surface area contributed by atoms with Gasteiger partial charge in [-0.05, 0) is 32.4 Å². The van der Waals surface area contributed by atoms with Crippen LogP contribution in [0, 0.1) is 0 Å². The van der Waals surface area contributed by atoms with Crippen LogP contribution in [0.4, 0.5) is 0 Å². The molecule has 0 fully saturated rings. The number of hydrogen-bond acceptors (Lipinski definition) is 4. The molecule has 0 aliphatic rings. The molecule has 0 radical (unpaired) electrons. The zero-order valence-corrected chi connectivity index (χ0v) is 12.4. The highest BCUT2D eigenvalue weighted by Gasteiger charge is 2.33. The minimum absolute atomic E-state index is 0.0243. The third kappa shape index (κ3) is 2.73. The predicted octanol–water partition coefficient (Wildman–Crippen LogP) is 2.26. The summed E-state index contributed by atoms with van der Waals surface area (Å²) in [4.78, 5) is 10.8. The van der Waals surface area contributed by atoms with Gasteiger partial charge in [-0.15, -0.1) is 11.3 Å². The maximum atomic E-state index is 12.3. The van der Waals surface area contributed by atoms with E-state index in [1.807, 2.05) is 20.8 Å². The maximum absolute atomic E-state index is 12.3. The molecule has 0 aliphatic heterocycles. The first-order valence-corrected chi connectivity index (χ1v) is 7.70. The number of thiophene rings is 1. The van der Waals surface area contributed by atoms with Gasteiger partial charge in [0.15, 0.2) is 0 Å². The van der Waals surface area contributed by atoms with Crippen LogP contribution in [0.2, 0.25) is 0 Å². The van der Waals surface area contributed by atoms with Crippen LogP contribution in [0.25, 0.3) is 0 Å². The molecule has 0 atom stereocenters. The first-order chi connectivity index (χ1) is 8.13. The predicted molar refractivity (Wildman–Crippen MR) is 70.6 cm³/mol. The Morgan fingerprint density at radius 2 is 2.00 bits per heavy atom. The quantitative estimate of drug-likeness (QED) is 0.903. The number of rotatable bonds is 5. The van der Waals surface area contributed by atoms with Crippen molar-refractivity contribution in [2.45, 2.75) is 36.9 Å². The molecule has 0 saturated heterocycles. The SMILES string of the molecule is CCC(C)(C)N(C)S(=O)(=O)c1ccc(C(=O)O)s1. The van der Waals surface area contributed by atoms with Gasteiger partial charge in [0.1, 0.15) is 9.09 Å². The van der Waals surface area contributed by atoms with E-state index in [-0.39, 0.29) is 9.09 Å². The summed E-state index contributed by atoms with van der Waals surface area (Å²) in [6.07, 6.45) is 0.667. The van der Waals surface area contributed by atoms with Crippen LogP contribution in [-0.2, 0) is 10.0 Å². The van der Waals surface area contributed by atoms with E-state index in [2.05, 4.69) is 0 Å². The van der Waals surface area contributed by atoms with E-state index in [9.17, 15) is 13.2 Å². The fourth-order valence-electron chi connectivity index (χ4n) is 1.26. The maximum Gasteiger partial charge on any atom is 0.345 e. The minimum Gasteiger partial charge on any atom is -0.477 e. The van der Waals surface area contributed by atoms with Crippen LogP contribution in [0.1, 0.15) is 36.9 Å². The normalized spacial score (nSPS) is 12.9. The average Bonchev–Trinajstić information content (AvgIpc) is 2.77. The number of carboxylic acid groups (broad SMARTS) is 1. The molecule has 1 N–H and O–H groups in total. The third-order valence-electron chi connectivity index (χ3n) is 3.12. The van der Waals surface area contributed by atoms with E-state index >= 15 is 0 Å². The lowest BCUT2D eigenvalue weighted by atomic mass is 10.0. The zero-order chi connectivity index (χ0) is 14.1. The number of carbonyl (C=O) groups is 1. The van der Waals surface area contributed by atoms with E-state index in [1.165, 1.54) is 23.5 Å². The summed E-state index contributed by atoms with van der Waals surface area (Å²) in [5, 5.41) is 8.81. The van der Waals surface area contributed by atoms with Gasteiger partial charge in [0.05, 0.1) is 0 Å². The number of carboxylic acids is 1. The second-order valence-electron chi connectivity index (χ2n) is 4.56. The van der Waals surface area contributed by atoms with Crippen molar-refractivity contribution in [1.29, 1.82) is 0 Å². The van der Waals surface area contributed by atoms with Crippen molar-refractivity contribution in [2.24, 2.45) is 0 Å². The van der Waals surface area contributed by atoms with Gasteiger partial charge in [-0.2, -0.15) is 4.31 Å². The molecule has 0 bridgehead atoms. The number of hydrogen-bond donors (Lipinski definition) is 1. The molecule has 1 aromatic heterocycles. The zero-order valence-electron chi connectivity index (χ0n) is 10.8. The fraction of sp³-hybridized carbons (Fsp3) is 0.545. The monoisotopic (exact) mass is 291 g/mol. The van der Waals surface area contributed by atoms with E-state index < -0.39 is 21.5 Å². The molecule has 0 unspecified atom stereocenters. The van der Waals surface area contributed by atoms with Gasteiger partial charge in [-0.3, -0.25) is 0 Å². The summed E-state index contributed by atoms with van der Waals surface area (Å²) in [6.45, 7) is 5.57. The van der Waals surface area contributed by atoms with Gasteiger partial charge >= 0.3 is 5.97 Å². The van der Waals surface area contributed by atoms with Crippen molar-refractivity contribution >= 4 is 27.3 Å². The lowest BCUT2D eigenvalue weighted by molar-refractivity contribution is 0.0702. The molecule has 0 aliphatic carbocycles. The van der Waals surface area contributed by atoms with E-state index in [0.717, 1.165) is 11.3 Å². The lowest BCUT2D eigenvalue weighted by Crippen LogP contribution is -2.44. The van der Waals surface area contributed by atoms with Gasteiger partial charge in [-0.1, -0.05) is 6.92 Å². The molecule has 5 nitrogen and oxygen atoms in total. The molecule has 7 heteroatoms. The van der Waals surface area contributed by atoms with Crippen molar-refractivity contribution in [1.82, 2.24) is 4.31 Å². The van der Waals surface area contributed by atoms with Crippen LogP contribution < -0.4 is 0 Å². The topological polar surface area (TPSA) is 74.7 Å².